The fourth-order valence-corrected chi connectivity index (χ4v) is 7.22. The fourth-order valence-electron chi connectivity index (χ4n) is 7.22. The number of hydrogen-bond acceptors (Lipinski definition) is 3. The summed E-state index contributed by atoms with van der Waals surface area (Å²) in [5.74, 6) is 0.600. The predicted octanol–water partition coefficient (Wildman–Crippen LogP) is 5.34. The molecule has 1 saturated heterocycles. The van der Waals surface area contributed by atoms with Crippen molar-refractivity contribution in [3.63, 3.8) is 0 Å². The number of ether oxygens (including phenoxy) is 1. The molecule has 206 valence electrons. The third-order valence-electron chi connectivity index (χ3n) is 9.74. The van der Waals surface area contributed by atoms with Crippen LogP contribution in [0.4, 0.5) is 0 Å². The van der Waals surface area contributed by atoms with Crippen LogP contribution in [-0.4, -0.2) is 60.1 Å². The van der Waals surface area contributed by atoms with Crippen LogP contribution in [-0.2, 0) is 17.6 Å². The molecule has 2 aromatic carbocycles. The zero-order chi connectivity index (χ0) is 26.7. The monoisotopic (exact) mass is 526 g/mol. The van der Waals surface area contributed by atoms with Gasteiger partial charge in [0.2, 0.25) is 0 Å². The Morgan fingerprint density at radius 1 is 1.05 bits per heavy atom. The third kappa shape index (κ3) is 5.90. The summed E-state index contributed by atoms with van der Waals surface area (Å²) >= 11 is 0. The normalized spacial score (nSPS) is 25.1. The Morgan fingerprint density at radius 2 is 1.77 bits per heavy atom. The average molecular weight is 527 g/mol. The van der Waals surface area contributed by atoms with Crippen LogP contribution in [0.2, 0.25) is 0 Å². The summed E-state index contributed by atoms with van der Waals surface area (Å²) in [4.78, 5) is 21.3. The number of aliphatic hydroxyl groups is 2. The second kappa shape index (κ2) is 11.8. The number of fused-ring (bicyclic) bond motifs is 1. The van der Waals surface area contributed by atoms with Gasteiger partial charge in [-0.1, -0.05) is 73.9 Å². The highest BCUT2D eigenvalue weighted by Gasteiger charge is 2.52. The number of allylic oxidation sites excluding steroid dienone is 1. The van der Waals surface area contributed by atoms with Crippen molar-refractivity contribution < 1.29 is 9.53 Å². The Bertz CT molecular complexity index is 1190. The molecule has 3 fully saturated rings. The minimum Gasteiger partial charge on any atom is -0.431 e. The van der Waals surface area contributed by atoms with E-state index in [-0.39, 0.29) is 11.9 Å². The first kappa shape index (κ1) is 26.5. The number of aliphatic imine (C=N–C) groups is 1. The summed E-state index contributed by atoms with van der Waals surface area (Å²) in [5, 5.41) is 3.52. The zero-order valence-corrected chi connectivity index (χ0v) is 23.4. The number of benzene rings is 2. The van der Waals surface area contributed by atoms with Crippen LogP contribution < -0.4 is 5.32 Å². The van der Waals surface area contributed by atoms with E-state index in [1.54, 1.807) is 0 Å². The van der Waals surface area contributed by atoms with Gasteiger partial charge in [-0.2, -0.15) is 0 Å². The molecule has 6 rings (SSSR count). The maximum atomic E-state index is 14.2. The molecule has 0 radical (unpaired) electrons. The standard InChI is InChI=1S/C34H43N3O2/c1-25(26-10-4-2-5-11-26)32(36-23-29-22-34(29)15-8-3-9-16-34)33(38)37-18-17-35-24-30(37)14-19-39-31-20-27-12-6-7-13-28(27)21-31/h2,4-7,10-13,23,29-31,35H,3,8-9,14-22,24H2,1H3/p+1/b32-25+,36-23?. The Kier molecular flexibility index (Phi) is 7.99. The molecule has 2 unspecified atom stereocenters. The number of nitrogens with one attached hydrogen (secondary N) is 1. The Morgan fingerprint density at radius 3 is 2.51 bits per heavy atom. The summed E-state index contributed by atoms with van der Waals surface area (Å²) in [6.45, 7) is 5.21. The molecule has 1 aliphatic heterocycles. The molecule has 4 aliphatic rings. The Hall–Kier alpha value is -2.76. The molecule has 2 aromatic rings. The topological polar surface area (TPSA) is 57.5 Å². The van der Waals surface area contributed by atoms with Crippen molar-refractivity contribution in [3.8, 4) is 0 Å². The lowest BCUT2D eigenvalue weighted by Gasteiger charge is -2.36. The lowest BCUT2D eigenvalue weighted by Crippen LogP contribution is -2.54. The molecule has 1 amide bonds. The zero-order valence-electron chi connectivity index (χ0n) is 23.4. The van der Waals surface area contributed by atoms with Crippen molar-refractivity contribution >= 4 is 17.7 Å². The molecule has 1 heterocycles. The molecule has 0 aromatic heterocycles. The smallest absolute Gasteiger partial charge is 0.273 e. The van der Waals surface area contributed by atoms with E-state index in [9.17, 15) is 4.79 Å². The first-order valence-electron chi connectivity index (χ1n) is 15.2. The molecule has 2 saturated carbocycles. The van der Waals surface area contributed by atoms with Crippen LogP contribution >= 0.6 is 0 Å². The largest absolute Gasteiger partial charge is 0.431 e. The number of carbonyl (C=O) groups excluding carboxylic acids is 1. The van der Waals surface area contributed by atoms with Crippen LogP contribution in [0.25, 0.3) is 5.57 Å². The van der Waals surface area contributed by atoms with E-state index in [4.69, 9.17) is 9.73 Å². The van der Waals surface area contributed by atoms with Crippen molar-refractivity contribution in [1.82, 2.24) is 10.2 Å². The summed E-state index contributed by atoms with van der Waals surface area (Å²) in [5.41, 5.74) is 6.02. The highest BCUT2D eigenvalue weighted by Crippen LogP contribution is 2.60. The lowest BCUT2D eigenvalue weighted by molar-refractivity contribution is -0.133. The molecule has 2 atom stereocenters. The van der Waals surface area contributed by atoms with Gasteiger partial charge in [0.15, 0.2) is 6.10 Å². The SMILES string of the molecule is C/C(=C(\N=CC1CC12CCCCC2)C(=O)N1CCNCC1CC[OH+]C1Cc2ccccc2C1)c1ccccc1. The summed E-state index contributed by atoms with van der Waals surface area (Å²) < 4.78 is 5.06. The number of amides is 1. The highest BCUT2D eigenvalue weighted by molar-refractivity contribution is 6.02. The van der Waals surface area contributed by atoms with Gasteiger partial charge in [-0.05, 0) is 53.9 Å². The molecule has 5 nitrogen and oxygen atoms in total. The van der Waals surface area contributed by atoms with E-state index in [0.29, 0.717) is 29.7 Å². The summed E-state index contributed by atoms with van der Waals surface area (Å²) in [6, 6.07) is 19.1. The number of carbonyl (C=O) groups is 1. The molecule has 1 spiro atoms. The highest BCUT2D eigenvalue weighted by atomic mass is 16.5. The number of piperazine rings is 1. The van der Waals surface area contributed by atoms with Crippen LogP contribution in [0.3, 0.4) is 0 Å². The van der Waals surface area contributed by atoms with Crippen LogP contribution in [0.15, 0.2) is 65.3 Å². The molecule has 3 aliphatic carbocycles. The van der Waals surface area contributed by atoms with Crippen LogP contribution in [0.5, 0.6) is 0 Å². The van der Waals surface area contributed by atoms with Gasteiger partial charge in [0.1, 0.15) is 12.3 Å². The minimum absolute atomic E-state index is 0.0747. The summed E-state index contributed by atoms with van der Waals surface area (Å²) in [7, 11) is 0. The molecule has 39 heavy (non-hydrogen) atoms. The molecular weight excluding hydrogens is 482 g/mol. The molecule has 0 bridgehead atoms. The number of nitrogens with zero attached hydrogens (tertiary/aromatic N) is 2. The minimum atomic E-state index is 0.0747. The second-order valence-corrected chi connectivity index (χ2v) is 12.2. The predicted molar refractivity (Wildman–Crippen MR) is 159 cm³/mol. The number of rotatable bonds is 8. The average Bonchev–Trinajstić information content (AvgIpc) is 3.45. The Labute approximate surface area is 233 Å². The van der Waals surface area contributed by atoms with Gasteiger partial charge in [-0.3, -0.25) is 9.79 Å². The van der Waals surface area contributed by atoms with E-state index in [2.05, 4.69) is 59.8 Å². The first-order valence-corrected chi connectivity index (χ1v) is 15.2. The van der Waals surface area contributed by atoms with Gasteiger partial charge in [0.05, 0.1) is 6.04 Å². The van der Waals surface area contributed by atoms with Crippen LogP contribution in [0.1, 0.15) is 68.6 Å². The van der Waals surface area contributed by atoms with E-state index >= 15 is 0 Å². The molecular formula is C34H44N3O2+. The quantitative estimate of drug-likeness (QED) is 0.287. The molecule has 2 N–H and O–H groups in total. The van der Waals surface area contributed by atoms with Gasteiger partial charge < -0.3 is 15.0 Å². The molecule has 5 heteroatoms. The maximum absolute atomic E-state index is 14.2. The van der Waals surface area contributed by atoms with Gasteiger partial charge in [0, 0.05) is 51.0 Å². The van der Waals surface area contributed by atoms with Gasteiger partial charge in [-0.15, -0.1) is 0 Å². The fraction of sp³-hybridized carbons (Fsp3) is 0.529. The van der Waals surface area contributed by atoms with Gasteiger partial charge >= 0.3 is 0 Å². The van der Waals surface area contributed by atoms with Crippen molar-refractivity contribution in [2.24, 2.45) is 16.3 Å². The van der Waals surface area contributed by atoms with Crippen LogP contribution in [0, 0.1) is 11.3 Å². The summed E-state index contributed by atoms with van der Waals surface area (Å²) in [6.07, 6.45) is 13.4. The van der Waals surface area contributed by atoms with E-state index in [0.717, 1.165) is 50.1 Å². The number of hydrogen-bond donors (Lipinski definition) is 1. The lowest BCUT2D eigenvalue weighted by atomic mass is 9.84. The van der Waals surface area contributed by atoms with Crippen molar-refractivity contribution in [3.05, 3.63) is 77.0 Å². The van der Waals surface area contributed by atoms with Crippen molar-refractivity contribution in [1.29, 1.82) is 0 Å². The maximum Gasteiger partial charge on any atom is 0.273 e. The van der Waals surface area contributed by atoms with E-state index in [1.165, 1.54) is 49.7 Å². The van der Waals surface area contributed by atoms with Crippen molar-refractivity contribution in [2.45, 2.75) is 76.9 Å². The third-order valence-corrected chi connectivity index (χ3v) is 9.74. The van der Waals surface area contributed by atoms with Gasteiger partial charge in [0.25, 0.3) is 5.91 Å². The Balaban J connectivity index is 1.15. The van der Waals surface area contributed by atoms with E-state index < -0.39 is 0 Å². The second-order valence-electron chi connectivity index (χ2n) is 12.2. The van der Waals surface area contributed by atoms with E-state index in [1.807, 2.05) is 18.2 Å². The van der Waals surface area contributed by atoms with Crippen molar-refractivity contribution in [2.75, 3.05) is 26.2 Å². The first-order chi connectivity index (χ1) is 19.1. The van der Waals surface area contributed by atoms with Gasteiger partial charge in [-0.25, -0.2) is 0 Å².